The van der Waals surface area contributed by atoms with Gasteiger partial charge in [0.05, 0.1) is 30.2 Å². The number of thioether (sulfide) groups is 1. The van der Waals surface area contributed by atoms with Gasteiger partial charge < -0.3 is 28.6 Å². The maximum Gasteiger partial charge on any atom is 0.215 e. The summed E-state index contributed by atoms with van der Waals surface area (Å²) in [6.45, 7) is 6.80. The Morgan fingerprint density at radius 1 is 0.936 bits per heavy atom. The lowest BCUT2D eigenvalue weighted by Crippen LogP contribution is -2.46. The third kappa shape index (κ3) is 6.95. The van der Waals surface area contributed by atoms with Crippen LogP contribution in [-0.2, 0) is 21.8 Å². The summed E-state index contributed by atoms with van der Waals surface area (Å²) >= 11 is 14.3. The Morgan fingerprint density at radius 2 is 1.62 bits per heavy atom. The molecule has 2 aliphatic rings. The number of halogens is 2. The van der Waals surface area contributed by atoms with Crippen molar-refractivity contribution in [2.75, 3.05) is 55.4 Å². The second kappa shape index (κ2) is 13.8. The molecule has 0 N–H and O–H groups in total. The first-order chi connectivity index (χ1) is 22.9. The van der Waals surface area contributed by atoms with Crippen molar-refractivity contribution in [1.82, 2.24) is 24.3 Å². The number of hydrogen-bond acceptors (Lipinski definition) is 9. The molecule has 5 aromatic rings. The molecule has 4 heterocycles. The molecular formula is C34H35Cl2N7O3S. The van der Waals surface area contributed by atoms with Crippen molar-refractivity contribution in [2.45, 2.75) is 30.5 Å². The highest BCUT2D eigenvalue weighted by atomic mass is 35.5. The first-order valence-electron chi connectivity index (χ1n) is 15.4. The highest BCUT2D eigenvalue weighted by Gasteiger charge is 2.45. The molecule has 2 saturated heterocycles. The van der Waals surface area contributed by atoms with Gasteiger partial charge in [0.2, 0.25) is 10.9 Å². The van der Waals surface area contributed by atoms with Gasteiger partial charge in [-0.15, -0.1) is 5.10 Å². The fourth-order valence-corrected chi connectivity index (χ4v) is 6.98. The fourth-order valence-electron chi connectivity index (χ4n) is 6.04. The predicted molar refractivity (Wildman–Crippen MR) is 185 cm³/mol. The van der Waals surface area contributed by atoms with Crippen molar-refractivity contribution in [3.8, 4) is 11.4 Å². The molecule has 0 radical (unpaired) electrons. The van der Waals surface area contributed by atoms with Crippen LogP contribution < -0.4 is 14.5 Å². The largest absolute Gasteiger partial charge is 0.491 e. The number of aromatic nitrogens is 5. The zero-order chi connectivity index (χ0) is 32.4. The van der Waals surface area contributed by atoms with Gasteiger partial charge >= 0.3 is 0 Å². The predicted octanol–water partition coefficient (Wildman–Crippen LogP) is 6.47. The Hall–Kier alpha value is -3.74. The minimum atomic E-state index is -1.08. The second-order valence-electron chi connectivity index (χ2n) is 11.5. The van der Waals surface area contributed by atoms with E-state index in [4.69, 9.17) is 37.4 Å². The summed E-state index contributed by atoms with van der Waals surface area (Å²) in [5.74, 6) is 0.578. The van der Waals surface area contributed by atoms with Crippen LogP contribution in [-0.4, -0.2) is 76.1 Å². The van der Waals surface area contributed by atoms with E-state index < -0.39 is 5.79 Å². The third-order valence-electron chi connectivity index (χ3n) is 8.46. The maximum absolute atomic E-state index is 6.60. The molecule has 0 aliphatic carbocycles. The van der Waals surface area contributed by atoms with E-state index in [0.717, 1.165) is 48.6 Å². The number of rotatable bonds is 10. The number of piperazine rings is 1. The van der Waals surface area contributed by atoms with Crippen LogP contribution in [0.4, 0.5) is 11.4 Å². The van der Waals surface area contributed by atoms with Crippen LogP contribution in [0.25, 0.3) is 5.69 Å². The third-order valence-corrected chi connectivity index (χ3v) is 9.55. The number of benzene rings is 3. The number of hydrogen-bond donors (Lipinski definition) is 0. The van der Waals surface area contributed by atoms with Crippen molar-refractivity contribution in [1.29, 1.82) is 0 Å². The number of anilines is 2. The zero-order valence-electron chi connectivity index (χ0n) is 26.1. The van der Waals surface area contributed by atoms with Crippen molar-refractivity contribution in [3.05, 3.63) is 107 Å². The van der Waals surface area contributed by atoms with Crippen molar-refractivity contribution >= 4 is 46.3 Å². The zero-order valence-corrected chi connectivity index (χ0v) is 28.5. The van der Waals surface area contributed by atoms with Crippen LogP contribution in [0, 0.1) is 6.92 Å². The van der Waals surface area contributed by atoms with Gasteiger partial charge in [0.25, 0.3) is 0 Å². The van der Waals surface area contributed by atoms with Crippen molar-refractivity contribution in [2.24, 2.45) is 0 Å². The highest BCUT2D eigenvalue weighted by Crippen LogP contribution is 2.40. The monoisotopic (exact) mass is 691 g/mol. The number of imidazole rings is 1. The number of ether oxygens (including phenoxy) is 3. The summed E-state index contributed by atoms with van der Waals surface area (Å²) in [5, 5.41) is 6.39. The summed E-state index contributed by atoms with van der Waals surface area (Å²) in [6.07, 6.45) is 7.01. The lowest BCUT2D eigenvalue weighted by atomic mass is 10.1. The van der Waals surface area contributed by atoms with E-state index in [-0.39, 0.29) is 6.10 Å². The Balaban J connectivity index is 0.929. The van der Waals surface area contributed by atoms with Gasteiger partial charge in [-0.3, -0.25) is 0 Å². The standard InChI is InChI=1S/C34H35Cl2N7O3S/c1-24-38-33(47-2)39-43(24)28-6-4-26(5-7-28)41-15-17-42(18-16-41)27-8-10-29(11-9-27)44-20-30-21-45-34(46-30,22-40-14-13-37-23-40)31-12-3-25(35)19-32(31)36/h3-14,19,23,30H,15-18,20-22H2,1-2H3. The minimum Gasteiger partial charge on any atom is -0.491 e. The summed E-state index contributed by atoms with van der Waals surface area (Å²) < 4.78 is 22.8. The van der Waals surface area contributed by atoms with Gasteiger partial charge in [0.15, 0.2) is 0 Å². The molecule has 244 valence electrons. The van der Waals surface area contributed by atoms with Crippen LogP contribution in [0.3, 0.4) is 0 Å². The molecular weight excluding hydrogens is 657 g/mol. The molecule has 3 aromatic carbocycles. The molecule has 0 amide bonds. The average Bonchev–Trinajstić information content (AvgIpc) is 3.85. The fraction of sp³-hybridized carbons (Fsp3) is 0.324. The van der Waals surface area contributed by atoms with E-state index in [1.54, 1.807) is 36.4 Å². The lowest BCUT2D eigenvalue weighted by Gasteiger charge is -2.37. The van der Waals surface area contributed by atoms with Gasteiger partial charge in [0, 0.05) is 60.5 Å². The van der Waals surface area contributed by atoms with Crippen molar-refractivity contribution < 1.29 is 14.2 Å². The molecule has 0 saturated carbocycles. The van der Waals surface area contributed by atoms with Crippen molar-refractivity contribution in [3.63, 3.8) is 0 Å². The number of aryl methyl sites for hydroxylation is 1. The number of nitrogens with zero attached hydrogens (tertiary/aromatic N) is 7. The SMILES string of the molecule is CSc1nc(C)n(-c2ccc(N3CCN(c4ccc(OCC5COC(Cn6ccnc6)(c6ccc(Cl)cc6Cl)O5)cc4)CC3)cc2)n1. The molecule has 2 aromatic heterocycles. The topological polar surface area (TPSA) is 82.7 Å². The van der Waals surface area contributed by atoms with Crippen LogP contribution in [0.1, 0.15) is 11.4 Å². The average molecular weight is 693 g/mol. The Morgan fingerprint density at radius 3 is 2.23 bits per heavy atom. The van der Waals surface area contributed by atoms with E-state index in [2.05, 4.69) is 61.3 Å². The Kier molecular flexibility index (Phi) is 9.33. The molecule has 7 rings (SSSR count). The van der Waals surface area contributed by atoms with Crippen LogP contribution in [0.2, 0.25) is 10.0 Å². The molecule has 47 heavy (non-hydrogen) atoms. The molecule has 13 heteroatoms. The Labute approximate surface area is 288 Å². The quantitative estimate of drug-likeness (QED) is 0.153. The molecule has 2 aliphatic heterocycles. The van der Waals surface area contributed by atoms with E-state index in [1.807, 2.05) is 46.8 Å². The smallest absolute Gasteiger partial charge is 0.215 e. The maximum atomic E-state index is 6.60. The Bertz CT molecular complexity index is 1800. The van der Waals surface area contributed by atoms with E-state index in [0.29, 0.717) is 35.4 Å². The van der Waals surface area contributed by atoms with Gasteiger partial charge in [-0.05, 0) is 73.8 Å². The summed E-state index contributed by atoms with van der Waals surface area (Å²) in [4.78, 5) is 13.5. The lowest BCUT2D eigenvalue weighted by molar-refractivity contribution is -0.189. The van der Waals surface area contributed by atoms with E-state index in [9.17, 15) is 0 Å². The van der Waals surface area contributed by atoms with E-state index >= 15 is 0 Å². The molecule has 2 unspecified atom stereocenters. The summed E-state index contributed by atoms with van der Waals surface area (Å²) in [6, 6.07) is 22.2. The molecule has 2 atom stereocenters. The van der Waals surface area contributed by atoms with E-state index in [1.165, 1.54) is 11.4 Å². The molecule has 10 nitrogen and oxygen atoms in total. The highest BCUT2D eigenvalue weighted by molar-refractivity contribution is 7.98. The van der Waals surface area contributed by atoms with Gasteiger partial charge in [-0.2, -0.15) is 0 Å². The van der Waals surface area contributed by atoms with Gasteiger partial charge in [-0.1, -0.05) is 41.0 Å². The van der Waals surface area contributed by atoms with Gasteiger partial charge in [0.1, 0.15) is 24.3 Å². The van der Waals surface area contributed by atoms with Gasteiger partial charge in [-0.25, -0.2) is 14.6 Å². The second-order valence-corrected chi connectivity index (χ2v) is 13.1. The molecule has 0 spiro atoms. The normalized spacial score (nSPS) is 19.8. The first kappa shape index (κ1) is 31.8. The molecule has 2 fully saturated rings. The van der Waals surface area contributed by atoms with Crippen LogP contribution >= 0.6 is 35.0 Å². The van der Waals surface area contributed by atoms with Crippen LogP contribution in [0.15, 0.2) is 90.6 Å². The summed E-state index contributed by atoms with van der Waals surface area (Å²) in [5.41, 5.74) is 4.13. The summed E-state index contributed by atoms with van der Waals surface area (Å²) in [7, 11) is 0. The first-order valence-corrected chi connectivity index (χ1v) is 17.4. The molecule has 0 bridgehead atoms. The van der Waals surface area contributed by atoms with Crippen LogP contribution in [0.5, 0.6) is 5.75 Å². The minimum absolute atomic E-state index is 0.292.